The molecule has 0 saturated carbocycles. The average Bonchev–Trinajstić information content (AvgIpc) is 2.51. The quantitative estimate of drug-likeness (QED) is 0.671. The molecule has 0 aliphatic heterocycles. The average molecular weight is 262 g/mol. The standard InChI is InChI=1S/C18H14O2/c19-16-10-11-18(20)17(12-16)15-8-6-14(7-9-15)13-4-2-1-3-5-13/h1-12,19-20H. The normalized spacial score (nSPS) is 10.4. The fourth-order valence-electron chi connectivity index (χ4n) is 2.23. The molecule has 20 heavy (non-hydrogen) atoms. The fourth-order valence-corrected chi connectivity index (χ4v) is 2.23. The largest absolute Gasteiger partial charge is 0.508 e. The van der Waals surface area contributed by atoms with Gasteiger partial charge in [-0.3, -0.25) is 0 Å². The third kappa shape index (κ3) is 2.36. The molecule has 0 bridgehead atoms. The third-order valence-electron chi connectivity index (χ3n) is 3.28. The lowest BCUT2D eigenvalue weighted by atomic mass is 10.00. The molecule has 0 atom stereocenters. The van der Waals surface area contributed by atoms with E-state index in [2.05, 4.69) is 12.1 Å². The van der Waals surface area contributed by atoms with Crippen LogP contribution < -0.4 is 0 Å². The Hall–Kier alpha value is -2.74. The van der Waals surface area contributed by atoms with E-state index in [-0.39, 0.29) is 11.5 Å². The fraction of sp³-hybridized carbons (Fsp3) is 0. The molecular formula is C18H14O2. The molecule has 3 aromatic rings. The molecular weight excluding hydrogens is 248 g/mol. The lowest BCUT2D eigenvalue weighted by Crippen LogP contribution is -1.81. The summed E-state index contributed by atoms with van der Waals surface area (Å²) >= 11 is 0. The lowest BCUT2D eigenvalue weighted by Gasteiger charge is -2.07. The van der Waals surface area contributed by atoms with Crippen LogP contribution in [0.15, 0.2) is 72.8 Å². The van der Waals surface area contributed by atoms with Crippen LogP contribution in [0.4, 0.5) is 0 Å². The van der Waals surface area contributed by atoms with E-state index < -0.39 is 0 Å². The lowest BCUT2D eigenvalue weighted by molar-refractivity contribution is 0.462. The Balaban J connectivity index is 2.00. The highest BCUT2D eigenvalue weighted by Gasteiger charge is 2.06. The van der Waals surface area contributed by atoms with Gasteiger partial charge >= 0.3 is 0 Å². The van der Waals surface area contributed by atoms with Gasteiger partial charge in [-0.25, -0.2) is 0 Å². The number of benzene rings is 3. The molecule has 98 valence electrons. The molecule has 0 saturated heterocycles. The topological polar surface area (TPSA) is 40.5 Å². The zero-order valence-corrected chi connectivity index (χ0v) is 10.8. The maximum Gasteiger partial charge on any atom is 0.123 e. The molecule has 0 aliphatic carbocycles. The Labute approximate surface area is 117 Å². The first kappa shape index (κ1) is 12.3. The first-order chi connectivity index (χ1) is 9.74. The van der Waals surface area contributed by atoms with Crippen molar-refractivity contribution >= 4 is 0 Å². The predicted molar refractivity (Wildman–Crippen MR) is 80.6 cm³/mol. The van der Waals surface area contributed by atoms with E-state index in [0.29, 0.717) is 5.56 Å². The summed E-state index contributed by atoms with van der Waals surface area (Å²) in [6.07, 6.45) is 0. The molecule has 0 heterocycles. The number of hydrogen-bond donors (Lipinski definition) is 2. The van der Waals surface area contributed by atoms with Crippen molar-refractivity contribution in [1.29, 1.82) is 0 Å². The smallest absolute Gasteiger partial charge is 0.123 e. The Morgan fingerprint density at radius 3 is 1.85 bits per heavy atom. The van der Waals surface area contributed by atoms with Gasteiger partial charge in [0.05, 0.1) is 0 Å². The van der Waals surface area contributed by atoms with Gasteiger partial charge in [-0.15, -0.1) is 0 Å². The molecule has 0 spiro atoms. The number of hydrogen-bond acceptors (Lipinski definition) is 2. The number of phenolic OH excluding ortho intramolecular Hbond substituents is 2. The minimum Gasteiger partial charge on any atom is -0.508 e. The van der Waals surface area contributed by atoms with Crippen LogP contribution in [-0.4, -0.2) is 10.2 Å². The van der Waals surface area contributed by atoms with E-state index in [4.69, 9.17) is 0 Å². The number of phenols is 2. The molecule has 2 N–H and O–H groups in total. The van der Waals surface area contributed by atoms with Crippen LogP contribution in [0.5, 0.6) is 11.5 Å². The molecule has 2 nitrogen and oxygen atoms in total. The summed E-state index contributed by atoms with van der Waals surface area (Å²) in [4.78, 5) is 0. The van der Waals surface area contributed by atoms with Gasteiger partial charge in [0, 0.05) is 5.56 Å². The van der Waals surface area contributed by atoms with Crippen LogP contribution in [0.1, 0.15) is 0 Å². The van der Waals surface area contributed by atoms with Crippen LogP contribution in [0.3, 0.4) is 0 Å². The molecule has 0 amide bonds. The molecule has 2 heteroatoms. The monoisotopic (exact) mass is 262 g/mol. The second-order valence-corrected chi connectivity index (χ2v) is 4.64. The van der Waals surface area contributed by atoms with Gasteiger partial charge in [-0.2, -0.15) is 0 Å². The van der Waals surface area contributed by atoms with Crippen molar-refractivity contribution in [2.45, 2.75) is 0 Å². The summed E-state index contributed by atoms with van der Waals surface area (Å²) in [5.41, 5.74) is 3.77. The highest BCUT2D eigenvalue weighted by molar-refractivity contribution is 5.74. The van der Waals surface area contributed by atoms with E-state index >= 15 is 0 Å². The van der Waals surface area contributed by atoms with E-state index in [1.807, 2.05) is 42.5 Å². The van der Waals surface area contributed by atoms with Crippen LogP contribution in [0.2, 0.25) is 0 Å². The Bertz CT molecular complexity index is 716. The summed E-state index contributed by atoms with van der Waals surface area (Å²) in [6, 6.07) is 22.5. The zero-order chi connectivity index (χ0) is 13.9. The SMILES string of the molecule is Oc1ccc(O)c(-c2ccc(-c3ccccc3)cc2)c1. The Kier molecular flexibility index (Phi) is 3.13. The van der Waals surface area contributed by atoms with E-state index in [0.717, 1.165) is 16.7 Å². The number of aromatic hydroxyl groups is 2. The van der Waals surface area contributed by atoms with Crippen LogP contribution in [-0.2, 0) is 0 Å². The van der Waals surface area contributed by atoms with E-state index in [1.54, 1.807) is 6.07 Å². The second-order valence-electron chi connectivity index (χ2n) is 4.64. The van der Waals surface area contributed by atoms with E-state index in [1.165, 1.54) is 12.1 Å². The van der Waals surface area contributed by atoms with Crippen molar-refractivity contribution < 1.29 is 10.2 Å². The van der Waals surface area contributed by atoms with Crippen LogP contribution in [0.25, 0.3) is 22.3 Å². The van der Waals surface area contributed by atoms with Gasteiger partial charge in [0.25, 0.3) is 0 Å². The van der Waals surface area contributed by atoms with Gasteiger partial charge in [-0.05, 0) is 34.9 Å². The second kappa shape index (κ2) is 5.10. The number of rotatable bonds is 2. The maximum absolute atomic E-state index is 9.86. The molecule has 3 aromatic carbocycles. The Morgan fingerprint density at radius 1 is 0.550 bits per heavy atom. The molecule has 3 rings (SSSR count). The summed E-state index contributed by atoms with van der Waals surface area (Å²) < 4.78 is 0. The molecule has 0 aromatic heterocycles. The molecule has 0 aliphatic rings. The van der Waals surface area contributed by atoms with Gasteiger partial charge < -0.3 is 10.2 Å². The Morgan fingerprint density at radius 2 is 1.15 bits per heavy atom. The maximum atomic E-state index is 9.86. The summed E-state index contributed by atoms with van der Waals surface area (Å²) in [6.45, 7) is 0. The van der Waals surface area contributed by atoms with Crippen molar-refractivity contribution in [2.24, 2.45) is 0 Å². The van der Waals surface area contributed by atoms with Crippen molar-refractivity contribution in [3.63, 3.8) is 0 Å². The summed E-state index contributed by atoms with van der Waals surface area (Å²) in [7, 11) is 0. The van der Waals surface area contributed by atoms with Crippen molar-refractivity contribution in [3.8, 4) is 33.8 Å². The van der Waals surface area contributed by atoms with Crippen molar-refractivity contribution in [2.75, 3.05) is 0 Å². The highest BCUT2D eigenvalue weighted by atomic mass is 16.3. The van der Waals surface area contributed by atoms with Crippen molar-refractivity contribution in [1.82, 2.24) is 0 Å². The van der Waals surface area contributed by atoms with Gasteiger partial charge in [-0.1, -0.05) is 54.6 Å². The van der Waals surface area contributed by atoms with Gasteiger partial charge in [0.15, 0.2) is 0 Å². The predicted octanol–water partition coefficient (Wildman–Crippen LogP) is 4.43. The molecule has 0 fully saturated rings. The highest BCUT2D eigenvalue weighted by Crippen LogP contribution is 2.33. The van der Waals surface area contributed by atoms with Crippen LogP contribution in [0, 0.1) is 0 Å². The van der Waals surface area contributed by atoms with Crippen LogP contribution >= 0.6 is 0 Å². The van der Waals surface area contributed by atoms with Gasteiger partial charge in [0.1, 0.15) is 11.5 Å². The van der Waals surface area contributed by atoms with Crippen molar-refractivity contribution in [3.05, 3.63) is 72.8 Å². The molecule has 0 unspecified atom stereocenters. The third-order valence-corrected chi connectivity index (χ3v) is 3.28. The first-order valence-electron chi connectivity index (χ1n) is 6.42. The summed E-state index contributed by atoms with van der Waals surface area (Å²) in [5.74, 6) is 0.306. The van der Waals surface area contributed by atoms with Gasteiger partial charge in [0.2, 0.25) is 0 Å². The van der Waals surface area contributed by atoms with E-state index in [9.17, 15) is 10.2 Å². The zero-order valence-electron chi connectivity index (χ0n) is 10.8. The molecule has 0 radical (unpaired) electrons. The first-order valence-corrected chi connectivity index (χ1v) is 6.42. The minimum absolute atomic E-state index is 0.143. The summed E-state index contributed by atoms with van der Waals surface area (Å²) in [5, 5.41) is 19.4. The minimum atomic E-state index is 0.143.